The molecule has 2 N–H and O–H groups in total. The van der Waals surface area contributed by atoms with Crippen LogP contribution in [-0.4, -0.2) is 58.4 Å². The Morgan fingerprint density at radius 2 is 1.90 bits per heavy atom. The zero-order valence-electron chi connectivity index (χ0n) is 17.0. The first-order valence-electron chi connectivity index (χ1n) is 10.7. The maximum Gasteiger partial charge on any atom is 0.233 e. The third kappa shape index (κ3) is 4.06. The van der Waals surface area contributed by atoms with Crippen LogP contribution in [-0.2, 0) is 16.1 Å². The molecule has 1 aromatic rings. The number of rotatable bonds is 9. The van der Waals surface area contributed by atoms with Crippen molar-refractivity contribution in [1.29, 1.82) is 0 Å². The first-order valence-corrected chi connectivity index (χ1v) is 10.7. The molecule has 2 bridgehead atoms. The lowest BCUT2D eigenvalue weighted by atomic mass is 9.85. The molecule has 2 amide bonds. The number of imidazole rings is 1. The third-order valence-corrected chi connectivity index (χ3v) is 6.16. The zero-order valence-corrected chi connectivity index (χ0v) is 17.0. The minimum Gasteiger partial charge on any atom is -0.357 e. The maximum atomic E-state index is 12.7. The van der Waals surface area contributed by atoms with E-state index < -0.39 is 0 Å². The standard InChI is InChI=1S/C21H30N6O2/c1-2-23-21(24-7-3-10-26-12-9-22-14-26)25-8-4-11-27-19(28)17-15-5-6-16(13-15)18(17)20(27)29/h5-6,9,12,14-18H,2-4,7-8,10-11,13H2,1H3,(H2,23,24,25). The third-order valence-electron chi connectivity index (χ3n) is 6.16. The Balaban J connectivity index is 1.20. The minimum absolute atomic E-state index is 0.0388. The van der Waals surface area contributed by atoms with Gasteiger partial charge in [0.2, 0.25) is 11.8 Å². The van der Waals surface area contributed by atoms with Crippen LogP contribution >= 0.6 is 0 Å². The molecule has 1 aromatic heterocycles. The van der Waals surface area contributed by atoms with Gasteiger partial charge >= 0.3 is 0 Å². The quantitative estimate of drug-likeness (QED) is 0.213. The molecule has 4 atom stereocenters. The average molecular weight is 399 g/mol. The highest BCUT2D eigenvalue weighted by atomic mass is 16.2. The van der Waals surface area contributed by atoms with Gasteiger partial charge in [0.05, 0.1) is 18.2 Å². The molecule has 8 heteroatoms. The van der Waals surface area contributed by atoms with Crippen molar-refractivity contribution in [2.24, 2.45) is 28.7 Å². The van der Waals surface area contributed by atoms with Gasteiger partial charge in [0.15, 0.2) is 5.96 Å². The molecule has 3 aliphatic rings. The van der Waals surface area contributed by atoms with Crippen LogP contribution in [0.1, 0.15) is 26.2 Å². The van der Waals surface area contributed by atoms with E-state index in [1.54, 1.807) is 6.20 Å². The van der Waals surface area contributed by atoms with Crippen molar-refractivity contribution in [3.05, 3.63) is 30.9 Å². The number of aliphatic imine (C=N–C) groups is 1. The number of nitrogens with zero attached hydrogens (tertiary/aromatic N) is 4. The van der Waals surface area contributed by atoms with E-state index in [0.717, 1.165) is 44.9 Å². The Morgan fingerprint density at radius 1 is 1.14 bits per heavy atom. The van der Waals surface area contributed by atoms with Crippen molar-refractivity contribution in [3.8, 4) is 0 Å². The van der Waals surface area contributed by atoms with Crippen molar-refractivity contribution in [3.63, 3.8) is 0 Å². The van der Waals surface area contributed by atoms with E-state index in [4.69, 9.17) is 0 Å². The number of aryl methyl sites for hydroxylation is 1. The van der Waals surface area contributed by atoms with E-state index in [1.165, 1.54) is 4.90 Å². The predicted octanol–water partition coefficient (Wildman–Crippen LogP) is 1.03. The van der Waals surface area contributed by atoms with Crippen LogP contribution in [0.2, 0.25) is 0 Å². The monoisotopic (exact) mass is 398 g/mol. The van der Waals surface area contributed by atoms with Gasteiger partial charge in [0.25, 0.3) is 0 Å². The topological polar surface area (TPSA) is 91.6 Å². The number of nitrogens with one attached hydrogen (secondary N) is 2. The predicted molar refractivity (Wildman–Crippen MR) is 110 cm³/mol. The fourth-order valence-electron chi connectivity index (χ4n) is 4.83. The van der Waals surface area contributed by atoms with Crippen molar-refractivity contribution >= 4 is 17.8 Å². The summed E-state index contributed by atoms with van der Waals surface area (Å²) in [6.07, 6.45) is 12.4. The molecule has 29 heavy (non-hydrogen) atoms. The molecular formula is C21H30N6O2. The lowest BCUT2D eigenvalue weighted by Crippen LogP contribution is -2.40. The Hall–Kier alpha value is -2.64. The summed E-state index contributed by atoms with van der Waals surface area (Å²) in [7, 11) is 0. The van der Waals surface area contributed by atoms with Crippen molar-refractivity contribution in [2.45, 2.75) is 32.7 Å². The summed E-state index contributed by atoms with van der Waals surface area (Å²) in [6.45, 7) is 5.58. The fourth-order valence-corrected chi connectivity index (χ4v) is 4.83. The number of likely N-dealkylation sites (tertiary alicyclic amines) is 1. The van der Waals surface area contributed by atoms with E-state index >= 15 is 0 Å². The van der Waals surface area contributed by atoms with Crippen LogP contribution in [0.15, 0.2) is 35.9 Å². The molecule has 4 rings (SSSR count). The molecule has 0 radical (unpaired) electrons. The summed E-state index contributed by atoms with van der Waals surface area (Å²) in [6, 6.07) is 0. The normalized spacial score (nSPS) is 27.8. The van der Waals surface area contributed by atoms with Gasteiger partial charge in [0.1, 0.15) is 0 Å². The highest BCUT2D eigenvalue weighted by Crippen LogP contribution is 2.52. The van der Waals surface area contributed by atoms with Crippen molar-refractivity contribution in [1.82, 2.24) is 25.1 Å². The number of carbonyl (C=O) groups excluding carboxylic acids is 2. The molecule has 4 unspecified atom stereocenters. The Bertz CT molecular complexity index is 757. The van der Waals surface area contributed by atoms with Gasteiger partial charge in [0, 0.05) is 45.1 Å². The molecule has 2 heterocycles. The highest BCUT2D eigenvalue weighted by Gasteiger charge is 2.58. The smallest absolute Gasteiger partial charge is 0.233 e. The van der Waals surface area contributed by atoms with Crippen molar-refractivity contribution in [2.75, 3.05) is 26.2 Å². The van der Waals surface area contributed by atoms with Crippen LogP contribution in [0.4, 0.5) is 0 Å². The van der Waals surface area contributed by atoms with Crippen LogP contribution in [0.3, 0.4) is 0 Å². The molecule has 1 aliphatic heterocycles. The lowest BCUT2D eigenvalue weighted by molar-refractivity contribution is -0.140. The molecule has 0 spiro atoms. The van der Waals surface area contributed by atoms with Crippen LogP contribution in [0.25, 0.3) is 0 Å². The van der Waals surface area contributed by atoms with E-state index in [-0.39, 0.29) is 35.5 Å². The average Bonchev–Trinajstić information content (AvgIpc) is 3.49. The number of aromatic nitrogens is 2. The number of carbonyl (C=O) groups is 2. The van der Waals surface area contributed by atoms with E-state index in [2.05, 4.69) is 32.8 Å². The Kier molecular flexibility index (Phi) is 5.97. The number of hydrogen-bond donors (Lipinski definition) is 2. The van der Waals surface area contributed by atoms with E-state index in [0.29, 0.717) is 13.1 Å². The molecule has 0 aromatic carbocycles. The number of allylic oxidation sites excluding steroid dienone is 2. The Labute approximate surface area is 171 Å². The molecular weight excluding hydrogens is 368 g/mol. The number of imide groups is 1. The first-order chi connectivity index (χ1) is 14.2. The number of guanidine groups is 1. The summed E-state index contributed by atoms with van der Waals surface area (Å²) in [4.78, 5) is 35.5. The lowest BCUT2D eigenvalue weighted by Gasteiger charge is -2.18. The number of amides is 2. The largest absolute Gasteiger partial charge is 0.357 e. The molecule has 1 saturated heterocycles. The van der Waals surface area contributed by atoms with Gasteiger partial charge in [-0.2, -0.15) is 0 Å². The van der Waals surface area contributed by atoms with Crippen LogP contribution in [0.5, 0.6) is 0 Å². The summed E-state index contributed by atoms with van der Waals surface area (Å²) in [5, 5.41) is 6.54. The fraction of sp³-hybridized carbons (Fsp3) is 0.619. The maximum absolute atomic E-state index is 12.7. The summed E-state index contributed by atoms with van der Waals surface area (Å²) in [5.74, 6) is 1.21. The van der Waals surface area contributed by atoms with Crippen LogP contribution < -0.4 is 10.6 Å². The molecule has 2 aliphatic carbocycles. The summed E-state index contributed by atoms with van der Waals surface area (Å²) in [5.41, 5.74) is 0. The van der Waals surface area contributed by atoms with Gasteiger partial charge in [-0.1, -0.05) is 12.2 Å². The number of hydrogen-bond acceptors (Lipinski definition) is 4. The highest BCUT2D eigenvalue weighted by molar-refractivity contribution is 6.06. The molecule has 156 valence electrons. The molecule has 8 nitrogen and oxygen atoms in total. The van der Waals surface area contributed by atoms with E-state index in [9.17, 15) is 9.59 Å². The van der Waals surface area contributed by atoms with Gasteiger partial charge in [-0.15, -0.1) is 0 Å². The minimum atomic E-state index is -0.0974. The van der Waals surface area contributed by atoms with Gasteiger partial charge in [-0.05, 0) is 38.0 Å². The van der Waals surface area contributed by atoms with Gasteiger partial charge in [-0.25, -0.2) is 4.98 Å². The zero-order chi connectivity index (χ0) is 20.2. The molecule has 1 saturated carbocycles. The van der Waals surface area contributed by atoms with Gasteiger partial charge < -0.3 is 15.2 Å². The summed E-state index contributed by atoms with van der Waals surface area (Å²) < 4.78 is 2.04. The summed E-state index contributed by atoms with van der Waals surface area (Å²) >= 11 is 0. The van der Waals surface area contributed by atoms with Crippen molar-refractivity contribution < 1.29 is 9.59 Å². The van der Waals surface area contributed by atoms with Gasteiger partial charge in [-0.3, -0.25) is 19.5 Å². The van der Waals surface area contributed by atoms with Crippen LogP contribution in [0, 0.1) is 23.7 Å². The van der Waals surface area contributed by atoms with E-state index in [1.807, 2.05) is 24.0 Å². The second kappa shape index (κ2) is 8.80. The first kappa shape index (κ1) is 19.7. The Morgan fingerprint density at radius 3 is 2.55 bits per heavy atom. The number of fused-ring (bicyclic) bond motifs is 5. The second-order valence-electron chi connectivity index (χ2n) is 8.02. The SMILES string of the molecule is CCNC(=NCCCn1ccnc1)NCCCN1C(=O)C2C3C=CC(C3)C2C1=O. The molecule has 2 fully saturated rings. The second-order valence-corrected chi connectivity index (χ2v) is 8.02.